The molecule has 1 amide bonds. The number of rotatable bonds is 12. The lowest BCUT2D eigenvalue weighted by Crippen LogP contribution is -2.41. The number of nitrogens with one attached hydrogen (secondary N) is 1. The molecule has 6 heteroatoms. The van der Waals surface area contributed by atoms with Crippen molar-refractivity contribution in [3.63, 3.8) is 0 Å². The molecule has 0 fully saturated rings. The van der Waals surface area contributed by atoms with Gasteiger partial charge < -0.3 is 24.3 Å². The zero-order valence-corrected chi connectivity index (χ0v) is 17.8. The fourth-order valence-corrected chi connectivity index (χ4v) is 2.76. The monoisotopic (exact) mass is 411 g/mol. The lowest BCUT2D eigenvalue weighted by atomic mass is 10.1. The Morgan fingerprint density at radius 2 is 1.90 bits per heavy atom. The van der Waals surface area contributed by atoms with Gasteiger partial charge in [0.1, 0.15) is 19.0 Å². The SMILES string of the molecule is C#CCOc1ccc(CCNC(=O)C(COc2ccc(C)cc2)OCC)cc1OC. The summed E-state index contributed by atoms with van der Waals surface area (Å²) in [6, 6.07) is 13.3. The number of benzene rings is 2. The van der Waals surface area contributed by atoms with Crippen molar-refractivity contribution in [2.75, 3.05) is 33.5 Å². The summed E-state index contributed by atoms with van der Waals surface area (Å²) in [5, 5.41) is 2.91. The van der Waals surface area contributed by atoms with Crippen molar-refractivity contribution >= 4 is 5.91 Å². The van der Waals surface area contributed by atoms with Gasteiger partial charge in [0.2, 0.25) is 0 Å². The molecule has 0 saturated heterocycles. The molecule has 0 aliphatic heterocycles. The maximum Gasteiger partial charge on any atom is 0.252 e. The Balaban J connectivity index is 1.86. The van der Waals surface area contributed by atoms with Crippen molar-refractivity contribution in [3.05, 3.63) is 53.6 Å². The Bertz CT molecular complexity index is 842. The van der Waals surface area contributed by atoms with E-state index >= 15 is 0 Å². The number of hydrogen-bond acceptors (Lipinski definition) is 5. The lowest BCUT2D eigenvalue weighted by molar-refractivity contribution is -0.134. The normalized spacial score (nSPS) is 11.3. The molecule has 1 N–H and O–H groups in total. The van der Waals surface area contributed by atoms with Crippen LogP contribution in [0.15, 0.2) is 42.5 Å². The minimum Gasteiger partial charge on any atom is -0.493 e. The number of aryl methyl sites for hydroxylation is 1. The van der Waals surface area contributed by atoms with E-state index in [9.17, 15) is 4.79 Å². The van der Waals surface area contributed by atoms with Gasteiger partial charge in [0, 0.05) is 13.2 Å². The van der Waals surface area contributed by atoms with Crippen LogP contribution in [0.4, 0.5) is 0 Å². The third kappa shape index (κ3) is 7.34. The van der Waals surface area contributed by atoms with Gasteiger partial charge in [-0.25, -0.2) is 0 Å². The van der Waals surface area contributed by atoms with Crippen LogP contribution in [0.25, 0.3) is 0 Å². The number of ether oxygens (including phenoxy) is 4. The van der Waals surface area contributed by atoms with E-state index in [0.717, 1.165) is 11.1 Å². The van der Waals surface area contributed by atoms with Crippen molar-refractivity contribution < 1.29 is 23.7 Å². The number of terminal acetylenes is 1. The van der Waals surface area contributed by atoms with E-state index in [1.807, 2.05) is 56.3 Å². The van der Waals surface area contributed by atoms with Crippen LogP contribution >= 0.6 is 0 Å². The molecule has 160 valence electrons. The van der Waals surface area contributed by atoms with E-state index in [0.29, 0.717) is 36.8 Å². The molecule has 0 bridgehead atoms. The topological polar surface area (TPSA) is 66.0 Å². The van der Waals surface area contributed by atoms with Gasteiger partial charge in [0.05, 0.1) is 7.11 Å². The predicted octanol–water partition coefficient (Wildman–Crippen LogP) is 3.16. The minimum atomic E-state index is -0.676. The van der Waals surface area contributed by atoms with Crippen molar-refractivity contribution in [1.29, 1.82) is 0 Å². The molecular weight excluding hydrogens is 382 g/mol. The van der Waals surface area contributed by atoms with E-state index in [4.69, 9.17) is 25.4 Å². The number of methoxy groups -OCH3 is 1. The quantitative estimate of drug-likeness (QED) is 0.544. The molecule has 0 aliphatic rings. The van der Waals surface area contributed by atoms with E-state index in [-0.39, 0.29) is 19.1 Å². The summed E-state index contributed by atoms with van der Waals surface area (Å²) in [7, 11) is 1.57. The number of hydrogen-bond donors (Lipinski definition) is 1. The fourth-order valence-electron chi connectivity index (χ4n) is 2.76. The molecule has 2 aromatic carbocycles. The molecule has 0 spiro atoms. The Kier molecular flexibility index (Phi) is 9.56. The molecular formula is C24H29NO5. The summed E-state index contributed by atoms with van der Waals surface area (Å²) < 4.78 is 22.0. The van der Waals surface area contributed by atoms with Crippen molar-refractivity contribution in [2.24, 2.45) is 0 Å². The summed E-state index contributed by atoms with van der Waals surface area (Å²) in [6.07, 6.45) is 5.18. The summed E-state index contributed by atoms with van der Waals surface area (Å²) in [5.74, 6) is 4.12. The minimum absolute atomic E-state index is 0.151. The molecule has 30 heavy (non-hydrogen) atoms. The van der Waals surface area contributed by atoms with Crippen LogP contribution in [0.5, 0.6) is 17.2 Å². The standard InChI is InChI=1S/C24H29NO5/c1-5-15-29-21-12-9-19(16-22(21)27-4)13-14-25-24(26)23(28-6-2)17-30-20-10-7-18(3)8-11-20/h1,7-12,16,23H,6,13-15,17H2,2-4H3,(H,25,26). The largest absolute Gasteiger partial charge is 0.493 e. The first-order valence-corrected chi connectivity index (χ1v) is 9.89. The molecule has 0 saturated carbocycles. The Morgan fingerprint density at radius 1 is 1.13 bits per heavy atom. The van der Waals surface area contributed by atoms with E-state index < -0.39 is 6.10 Å². The zero-order chi connectivity index (χ0) is 21.8. The fraction of sp³-hybridized carbons (Fsp3) is 0.375. The molecule has 0 aliphatic carbocycles. The third-order valence-corrected chi connectivity index (χ3v) is 4.33. The van der Waals surface area contributed by atoms with Crippen LogP contribution in [0.1, 0.15) is 18.1 Å². The molecule has 0 heterocycles. The Labute approximate surface area is 178 Å². The van der Waals surface area contributed by atoms with Gasteiger partial charge in [-0.3, -0.25) is 4.79 Å². The van der Waals surface area contributed by atoms with Gasteiger partial charge in [-0.2, -0.15) is 0 Å². The first-order chi connectivity index (χ1) is 14.6. The van der Waals surface area contributed by atoms with Crippen LogP contribution in [0.2, 0.25) is 0 Å². The van der Waals surface area contributed by atoms with Crippen LogP contribution in [0, 0.1) is 19.3 Å². The van der Waals surface area contributed by atoms with E-state index in [1.54, 1.807) is 7.11 Å². The van der Waals surface area contributed by atoms with Gasteiger partial charge in [-0.15, -0.1) is 6.42 Å². The van der Waals surface area contributed by atoms with E-state index in [1.165, 1.54) is 0 Å². The second kappa shape index (κ2) is 12.4. The highest BCUT2D eigenvalue weighted by Crippen LogP contribution is 2.28. The number of carbonyl (C=O) groups excluding carboxylic acids is 1. The van der Waals surface area contributed by atoms with Gasteiger partial charge in [-0.05, 0) is 50.1 Å². The van der Waals surface area contributed by atoms with Crippen molar-refractivity contribution in [3.8, 4) is 29.6 Å². The van der Waals surface area contributed by atoms with Crippen molar-refractivity contribution in [2.45, 2.75) is 26.4 Å². The highest BCUT2D eigenvalue weighted by molar-refractivity contribution is 5.81. The predicted molar refractivity (Wildman–Crippen MR) is 116 cm³/mol. The average Bonchev–Trinajstić information content (AvgIpc) is 2.76. The Morgan fingerprint density at radius 3 is 2.57 bits per heavy atom. The molecule has 2 aromatic rings. The average molecular weight is 411 g/mol. The van der Waals surface area contributed by atoms with Gasteiger partial charge >= 0.3 is 0 Å². The van der Waals surface area contributed by atoms with Gasteiger partial charge in [0.25, 0.3) is 5.91 Å². The maximum absolute atomic E-state index is 12.5. The van der Waals surface area contributed by atoms with Crippen LogP contribution in [-0.2, 0) is 16.0 Å². The van der Waals surface area contributed by atoms with Crippen LogP contribution in [0.3, 0.4) is 0 Å². The summed E-state index contributed by atoms with van der Waals surface area (Å²) in [5.41, 5.74) is 2.15. The van der Waals surface area contributed by atoms with Crippen LogP contribution in [-0.4, -0.2) is 45.5 Å². The third-order valence-electron chi connectivity index (χ3n) is 4.33. The number of carbonyl (C=O) groups is 1. The second-order valence-corrected chi connectivity index (χ2v) is 6.59. The van der Waals surface area contributed by atoms with Gasteiger partial charge in [0.15, 0.2) is 17.6 Å². The smallest absolute Gasteiger partial charge is 0.252 e. The number of amides is 1. The first-order valence-electron chi connectivity index (χ1n) is 9.89. The summed E-state index contributed by atoms with van der Waals surface area (Å²) in [6.45, 7) is 5.06. The molecule has 0 aromatic heterocycles. The van der Waals surface area contributed by atoms with Gasteiger partial charge in [-0.1, -0.05) is 29.7 Å². The highest BCUT2D eigenvalue weighted by atomic mass is 16.5. The molecule has 1 atom stereocenters. The summed E-state index contributed by atoms with van der Waals surface area (Å²) >= 11 is 0. The summed E-state index contributed by atoms with van der Waals surface area (Å²) in [4.78, 5) is 12.5. The van der Waals surface area contributed by atoms with E-state index in [2.05, 4.69) is 11.2 Å². The zero-order valence-electron chi connectivity index (χ0n) is 17.8. The molecule has 2 rings (SSSR count). The van der Waals surface area contributed by atoms with Crippen LogP contribution < -0.4 is 19.5 Å². The first kappa shape index (κ1) is 23.1. The molecule has 0 radical (unpaired) electrons. The lowest BCUT2D eigenvalue weighted by Gasteiger charge is -2.18. The highest BCUT2D eigenvalue weighted by Gasteiger charge is 2.19. The Hall–Kier alpha value is -3.17. The second-order valence-electron chi connectivity index (χ2n) is 6.59. The van der Waals surface area contributed by atoms with Crippen molar-refractivity contribution in [1.82, 2.24) is 5.32 Å². The molecule has 6 nitrogen and oxygen atoms in total. The molecule has 1 unspecified atom stereocenters. The maximum atomic E-state index is 12.5.